The van der Waals surface area contributed by atoms with Crippen LogP contribution in [-0.2, 0) is 0 Å². The number of rotatable bonds is 6. The summed E-state index contributed by atoms with van der Waals surface area (Å²) in [6.07, 6.45) is 10.0. The summed E-state index contributed by atoms with van der Waals surface area (Å²) in [5.41, 5.74) is 3.41. The van der Waals surface area contributed by atoms with Gasteiger partial charge in [-0.15, -0.1) is 0 Å². The second-order valence-electron chi connectivity index (χ2n) is 8.28. The van der Waals surface area contributed by atoms with Crippen LogP contribution < -0.4 is 10.2 Å². The lowest BCUT2D eigenvalue weighted by atomic mass is 9.99. The first-order valence-electron chi connectivity index (χ1n) is 10.9. The van der Waals surface area contributed by atoms with Gasteiger partial charge in [-0.05, 0) is 62.3 Å². The Balaban J connectivity index is 1.45. The van der Waals surface area contributed by atoms with E-state index >= 15 is 0 Å². The third-order valence-corrected chi connectivity index (χ3v) is 6.14. The molecule has 1 saturated heterocycles. The van der Waals surface area contributed by atoms with Crippen LogP contribution in [0.3, 0.4) is 0 Å². The van der Waals surface area contributed by atoms with Crippen molar-refractivity contribution in [2.75, 3.05) is 18.1 Å². The number of anilines is 1. The summed E-state index contributed by atoms with van der Waals surface area (Å²) in [5.74, 6) is 1.01. The molecule has 1 atom stereocenters. The lowest BCUT2D eigenvalue weighted by Gasteiger charge is -2.37. The van der Waals surface area contributed by atoms with Gasteiger partial charge in [0.15, 0.2) is 5.65 Å². The standard InChI is InChI=1S/C23H27N5O2/c29-14-11-19-3-1-2-13-27(19)21-10-12-24-22-20(15-25-28(21)22)16-4-6-17(7-5-16)23(30)26-18-8-9-18/h4-7,10,12,15,18-19,29H,1-3,8-9,11,13-14H2,(H,26,30). The van der Waals surface area contributed by atoms with E-state index in [1.165, 1.54) is 6.42 Å². The number of nitrogens with one attached hydrogen (secondary N) is 1. The van der Waals surface area contributed by atoms with Crippen molar-refractivity contribution in [1.82, 2.24) is 19.9 Å². The summed E-state index contributed by atoms with van der Waals surface area (Å²) < 4.78 is 1.90. The van der Waals surface area contributed by atoms with Gasteiger partial charge in [-0.3, -0.25) is 4.79 Å². The van der Waals surface area contributed by atoms with Gasteiger partial charge in [-0.25, -0.2) is 4.98 Å². The van der Waals surface area contributed by atoms with Gasteiger partial charge in [0.1, 0.15) is 5.82 Å². The molecular weight excluding hydrogens is 378 g/mol. The summed E-state index contributed by atoms with van der Waals surface area (Å²) in [5, 5.41) is 17.1. The van der Waals surface area contributed by atoms with Crippen molar-refractivity contribution in [2.24, 2.45) is 0 Å². The second kappa shape index (κ2) is 8.07. The molecule has 1 saturated carbocycles. The minimum Gasteiger partial charge on any atom is -0.396 e. The molecule has 2 aromatic heterocycles. The van der Waals surface area contributed by atoms with Gasteiger partial charge in [0.25, 0.3) is 5.91 Å². The van der Waals surface area contributed by atoms with Crippen LogP contribution >= 0.6 is 0 Å². The molecule has 0 radical (unpaired) electrons. The number of amides is 1. The maximum absolute atomic E-state index is 12.2. The Labute approximate surface area is 175 Å². The van der Waals surface area contributed by atoms with Crippen LogP contribution in [0.5, 0.6) is 0 Å². The van der Waals surface area contributed by atoms with E-state index in [2.05, 4.69) is 20.3 Å². The van der Waals surface area contributed by atoms with Gasteiger partial charge >= 0.3 is 0 Å². The number of fused-ring (bicyclic) bond motifs is 1. The topological polar surface area (TPSA) is 82.8 Å². The van der Waals surface area contributed by atoms with E-state index in [0.717, 1.165) is 61.2 Å². The van der Waals surface area contributed by atoms with E-state index in [0.29, 0.717) is 17.6 Å². The van der Waals surface area contributed by atoms with Gasteiger partial charge in [-0.2, -0.15) is 9.61 Å². The minimum absolute atomic E-state index is 0.00986. The number of hydrogen-bond acceptors (Lipinski definition) is 5. The van der Waals surface area contributed by atoms with Crippen LogP contribution in [0.15, 0.2) is 42.7 Å². The molecule has 1 aromatic carbocycles. The smallest absolute Gasteiger partial charge is 0.251 e. The number of hydrogen-bond donors (Lipinski definition) is 2. The van der Waals surface area contributed by atoms with Crippen LogP contribution in [-0.4, -0.2) is 50.8 Å². The monoisotopic (exact) mass is 405 g/mol. The minimum atomic E-state index is -0.00986. The van der Waals surface area contributed by atoms with E-state index in [-0.39, 0.29) is 12.5 Å². The van der Waals surface area contributed by atoms with Gasteiger partial charge < -0.3 is 15.3 Å². The zero-order chi connectivity index (χ0) is 20.5. The van der Waals surface area contributed by atoms with Crippen molar-refractivity contribution in [3.8, 4) is 11.1 Å². The second-order valence-corrected chi connectivity index (χ2v) is 8.28. The average molecular weight is 406 g/mol. The highest BCUT2D eigenvalue weighted by atomic mass is 16.3. The molecule has 3 aromatic rings. The van der Waals surface area contributed by atoms with Crippen molar-refractivity contribution in [1.29, 1.82) is 0 Å². The highest BCUT2D eigenvalue weighted by Crippen LogP contribution is 2.30. The molecule has 7 heteroatoms. The number of piperidine rings is 1. The van der Waals surface area contributed by atoms with Crippen LogP contribution in [0.2, 0.25) is 0 Å². The Morgan fingerprint density at radius 1 is 1.13 bits per heavy atom. The number of carbonyl (C=O) groups is 1. The Morgan fingerprint density at radius 2 is 1.97 bits per heavy atom. The summed E-state index contributed by atoms with van der Waals surface area (Å²) >= 11 is 0. The fourth-order valence-electron chi connectivity index (χ4n) is 4.35. The highest BCUT2D eigenvalue weighted by Gasteiger charge is 2.25. The molecule has 1 aliphatic heterocycles. The highest BCUT2D eigenvalue weighted by molar-refractivity contribution is 5.95. The predicted molar refractivity (Wildman–Crippen MR) is 116 cm³/mol. The van der Waals surface area contributed by atoms with Gasteiger partial charge in [0, 0.05) is 42.6 Å². The molecule has 5 rings (SSSR count). The van der Waals surface area contributed by atoms with E-state index in [1.54, 1.807) is 0 Å². The normalized spacial score (nSPS) is 19.2. The van der Waals surface area contributed by atoms with Crippen LogP contribution in [0, 0.1) is 0 Å². The molecule has 2 N–H and O–H groups in total. The number of nitrogens with zero attached hydrogens (tertiary/aromatic N) is 4. The van der Waals surface area contributed by atoms with Crippen LogP contribution in [0.1, 0.15) is 48.9 Å². The third-order valence-electron chi connectivity index (χ3n) is 6.14. The van der Waals surface area contributed by atoms with Crippen molar-refractivity contribution < 1.29 is 9.90 Å². The zero-order valence-electron chi connectivity index (χ0n) is 17.0. The molecule has 0 bridgehead atoms. The Kier molecular flexibility index (Phi) is 5.12. The van der Waals surface area contributed by atoms with E-state index in [9.17, 15) is 9.90 Å². The zero-order valence-corrected chi connectivity index (χ0v) is 17.0. The molecule has 1 unspecified atom stereocenters. The quantitative estimate of drug-likeness (QED) is 0.659. The number of aliphatic hydroxyl groups excluding tert-OH is 1. The number of aromatic nitrogens is 3. The Hall–Kier alpha value is -2.93. The fourth-order valence-corrected chi connectivity index (χ4v) is 4.35. The Morgan fingerprint density at radius 3 is 2.73 bits per heavy atom. The molecule has 1 amide bonds. The lowest BCUT2D eigenvalue weighted by Crippen LogP contribution is -2.41. The molecule has 0 spiro atoms. The number of benzene rings is 1. The molecule has 30 heavy (non-hydrogen) atoms. The molecule has 2 aliphatic rings. The fraction of sp³-hybridized carbons (Fsp3) is 0.435. The first-order chi connectivity index (χ1) is 14.7. The molecular formula is C23H27N5O2. The summed E-state index contributed by atoms with van der Waals surface area (Å²) in [4.78, 5) is 19.2. The van der Waals surface area contributed by atoms with Crippen LogP contribution in [0.4, 0.5) is 5.82 Å². The number of aliphatic hydroxyl groups is 1. The van der Waals surface area contributed by atoms with Gasteiger partial charge in [0.05, 0.1) is 6.20 Å². The van der Waals surface area contributed by atoms with Crippen molar-refractivity contribution >= 4 is 17.4 Å². The lowest BCUT2D eigenvalue weighted by molar-refractivity contribution is 0.0951. The number of carbonyl (C=O) groups excluding carboxylic acids is 1. The summed E-state index contributed by atoms with van der Waals surface area (Å²) in [6.45, 7) is 1.16. The maximum Gasteiger partial charge on any atom is 0.251 e. The van der Waals surface area contributed by atoms with Gasteiger partial charge in [0.2, 0.25) is 0 Å². The molecule has 2 fully saturated rings. The first-order valence-corrected chi connectivity index (χ1v) is 10.9. The predicted octanol–water partition coefficient (Wildman–Crippen LogP) is 3.03. The van der Waals surface area contributed by atoms with Crippen molar-refractivity contribution in [3.63, 3.8) is 0 Å². The molecule has 1 aliphatic carbocycles. The largest absolute Gasteiger partial charge is 0.396 e. The average Bonchev–Trinajstić information content (AvgIpc) is 3.49. The summed E-state index contributed by atoms with van der Waals surface area (Å²) in [6, 6.07) is 10.3. The molecule has 156 valence electrons. The maximum atomic E-state index is 12.2. The van der Waals surface area contributed by atoms with E-state index in [1.807, 2.05) is 47.2 Å². The van der Waals surface area contributed by atoms with Crippen LogP contribution in [0.25, 0.3) is 16.8 Å². The molecule has 3 heterocycles. The third kappa shape index (κ3) is 3.65. The van der Waals surface area contributed by atoms with E-state index < -0.39 is 0 Å². The first kappa shape index (κ1) is 19.1. The Bertz CT molecular complexity index is 1040. The summed E-state index contributed by atoms with van der Waals surface area (Å²) in [7, 11) is 0. The van der Waals surface area contributed by atoms with Crippen molar-refractivity contribution in [2.45, 2.75) is 50.6 Å². The van der Waals surface area contributed by atoms with Gasteiger partial charge in [-0.1, -0.05) is 12.1 Å². The molecule has 7 nitrogen and oxygen atoms in total. The SMILES string of the molecule is O=C(NC1CC1)c1ccc(-c2cnn3c(N4CCCCC4CCO)ccnc23)cc1. The van der Waals surface area contributed by atoms with Crippen molar-refractivity contribution in [3.05, 3.63) is 48.3 Å². The van der Waals surface area contributed by atoms with E-state index in [4.69, 9.17) is 0 Å².